The summed E-state index contributed by atoms with van der Waals surface area (Å²) in [5, 5.41) is 7.16. The van der Waals surface area contributed by atoms with Gasteiger partial charge in [-0.1, -0.05) is 10.3 Å². The quantitative estimate of drug-likeness (QED) is 0.633. The van der Waals surface area contributed by atoms with Crippen molar-refractivity contribution in [1.82, 2.24) is 10.3 Å². The molecule has 0 aliphatic rings. The molecule has 2 N–H and O–H groups in total. The van der Waals surface area contributed by atoms with Gasteiger partial charge in [0, 0.05) is 6.42 Å². The third-order valence-corrected chi connectivity index (χ3v) is 1.66. The third-order valence-electron chi connectivity index (χ3n) is 1.66. The predicted octanol–water partition coefficient (Wildman–Crippen LogP) is -0.579. The number of hydrogen-bond acceptors (Lipinski definition) is 6. The van der Waals surface area contributed by atoms with E-state index in [-0.39, 0.29) is 6.42 Å². The van der Waals surface area contributed by atoms with Gasteiger partial charge >= 0.3 is 5.97 Å². The fourth-order valence-electron chi connectivity index (χ4n) is 0.878. The first-order valence-electron chi connectivity index (χ1n) is 3.76. The number of carbonyl (C=O) groups is 1. The van der Waals surface area contributed by atoms with Crippen LogP contribution in [0.2, 0.25) is 0 Å². The summed E-state index contributed by atoms with van der Waals surface area (Å²) in [6, 6.07) is -0.712. The van der Waals surface area contributed by atoms with Crippen LogP contribution in [0.25, 0.3) is 0 Å². The molecule has 13 heavy (non-hydrogen) atoms. The topological polar surface area (TPSA) is 91.2 Å². The van der Waals surface area contributed by atoms with Crippen molar-refractivity contribution >= 4 is 5.97 Å². The second-order valence-electron chi connectivity index (χ2n) is 2.63. The lowest BCUT2D eigenvalue weighted by atomic mass is 10.1. The molecule has 6 heteroatoms. The molecule has 0 saturated carbocycles. The van der Waals surface area contributed by atoms with E-state index in [0.29, 0.717) is 11.4 Å². The Morgan fingerprint density at radius 3 is 2.85 bits per heavy atom. The number of methoxy groups -OCH3 is 1. The first-order chi connectivity index (χ1) is 6.15. The number of ether oxygens (including phenoxy) is 1. The maximum Gasteiger partial charge on any atom is 0.323 e. The molecule has 0 bridgehead atoms. The molecule has 0 aromatic carbocycles. The smallest absolute Gasteiger partial charge is 0.323 e. The van der Waals surface area contributed by atoms with E-state index in [2.05, 4.69) is 19.7 Å². The minimum absolute atomic E-state index is 0.280. The Labute approximate surface area is 75.0 Å². The molecule has 1 rings (SSSR count). The van der Waals surface area contributed by atoms with Crippen molar-refractivity contribution in [2.24, 2.45) is 5.73 Å². The van der Waals surface area contributed by atoms with Gasteiger partial charge in [-0.3, -0.25) is 4.79 Å². The highest BCUT2D eigenvalue weighted by Gasteiger charge is 2.17. The number of aryl methyl sites for hydroxylation is 1. The van der Waals surface area contributed by atoms with Crippen molar-refractivity contribution < 1.29 is 14.2 Å². The fraction of sp³-hybridized carbons (Fsp3) is 0.571. The Balaban J connectivity index is 2.59. The summed E-state index contributed by atoms with van der Waals surface area (Å²) in [6.45, 7) is 1.73. The molecule has 0 saturated heterocycles. The summed E-state index contributed by atoms with van der Waals surface area (Å²) in [5.74, 6) is -0.470. The highest BCUT2D eigenvalue weighted by molar-refractivity contribution is 5.75. The van der Waals surface area contributed by atoms with Gasteiger partial charge in [-0.15, -0.1) is 0 Å². The van der Waals surface area contributed by atoms with Crippen LogP contribution in [0.3, 0.4) is 0 Å². The van der Waals surface area contributed by atoms with Crippen LogP contribution in [-0.2, 0) is 16.0 Å². The molecule has 1 atom stereocenters. The number of carbonyl (C=O) groups excluding carboxylic acids is 1. The molecule has 0 aliphatic carbocycles. The molecule has 72 valence electrons. The molecule has 6 nitrogen and oxygen atoms in total. The number of nitrogens with two attached hydrogens (primary N) is 1. The van der Waals surface area contributed by atoms with E-state index in [4.69, 9.17) is 5.73 Å². The van der Waals surface area contributed by atoms with Crippen LogP contribution in [0.15, 0.2) is 4.63 Å². The molecule has 1 aromatic heterocycles. The molecule has 0 aliphatic heterocycles. The number of rotatable bonds is 3. The second-order valence-corrected chi connectivity index (χ2v) is 2.63. The zero-order valence-corrected chi connectivity index (χ0v) is 7.48. The maximum absolute atomic E-state index is 10.9. The average molecular weight is 185 g/mol. The van der Waals surface area contributed by atoms with Gasteiger partial charge in [0.25, 0.3) is 0 Å². The summed E-state index contributed by atoms with van der Waals surface area (Å²) >= 11 is 0. The SMILES string of the molecule is COC(=O)C(N)Cc1nonc1C. The van der Waals surface area contributed by atoms with E-state index in [0.717, 1.165) is 0 Å². The van der Waals surface area contributed by atoms with Gasteiger partial charge in [-0.05, 0) is 6.92 Å². The molecule has 1 unspecified atom stereocenters. The number of esters is 1. The zero-order valence-electron chi connectivity index (χ0n) is 7.48. The Bertz CT molecular complexity index is 297. The van der Waals surface area contributed by atoms with Crippen LogP contribution in [0, 0.1) is 6.92 Å². The molecule has 1 heterocycles. The molecular weight excluding hydrogens is 174 g/mol. The fourth-order valence-corrected chi connectivity index (χ4v) is 0.878. The molecule has 0 spiro atoms. The first kappa shape index (κ1) is 9.66. The van der Waals surface area contributed by atoms with Crippen molar-refractivity contribution in [2.45, 2.75) is 19.4 Å². The Kier molecular flexibility index (Phi) is 2.97. The van der Waals surface area contributed by atoms with Crippen LogP contribution in [-0.4, -0.2) is 29.4 Å². The third kappa shape index (κ3) is 2.25. The molecule has 1 aromatic rings. The Morgan fingerprint density at radius 2 is 2.38 bits per heavy atom. The van der Waals surface area contributed by atoms with E-state index in [9.17, 15) is 4.79 Å². The van der Waals surface area contributed by atoms with Crippen LogP contribution in [0.1, 0.15) is 11.4 Å². The van der Waals surface area contributed by atoms with Crippen LogP contribution in [0.5, 0.6) is 0 Å². The van der Waals surface area contributed by atoms with E-state index >= 15 is 0 Å². The van der Waals surface area contributed by atoms with Crippen LogP contribution < -0.4 is 5.73 Å². The minimum Gasteiger partial charge on any atom is -0.468 e. The van der Waals surface area contributed by atoms with E-state index in [1.54, 1.807) is 6.92 Å². The van der Waals surface area contributed by atoms with Crippen molar-refractivity contribution in [2.75, 3.05) is 7.11 Å². The summed E-state index contributed by atoms with van der Waals surface area (Å²) < 4.78 is 8.91. The van der Waals surface area contributed by atoms with Crippen molar-refractivity contribution in [3.63, 3.8) is 0 Å². The van der Waals surface area contributed by atoms with Crippen molar-refractivity contribution in [3.8, 4) is 0 Å². The Morgan fingerprint density at radius 1 is 1.69 bits per heavy atom. The maximum atomic E-state index is 10.9. The van der Waals surface area contributed by atoms with Crippen LogP contribution >= 0.6 is 0 Å². The number of aromatic nitrogens is 2. The van der Waals surface area contributed by atoms with Gasteiger partial charge in [0.1, 0.15) is 17.4 Å². The average Bonchev–Trinajstić information content (AvgIpc) is 2.50. The number of nitrogens with zero attached hydrogens (tertiary/aromatic N) is 2. The lowest BCUT2D eigenvalue weighted by molar-refractivity contribution is -0.142. The molecule has 0 amide bonds. The van der Waals surface area contributed by atoms with Gasteiger partial charge in [0.05, 0.1) is 7.11 Å². The zero-order chi connectivity index (χ0) is 9.84. The van der Waals surface area contributed by atoms with Gasteiger partial charge in [0.15, 0.2) is 0 Å². The van der Waals surface area contributed by atoms with E-state index in [1.165, 1.54) is 7.11 Å². The van der Waals surface area contributed by atoms with Crippen LogP contribution in [0.4, 0.5) is 0 Å². The van der Waals surface area contributed by atoms with E-state index in [1.807, 2.05) is 0 Å². The predicted molar refractivity (Wildman–Crippen MR) is 42.7 cm³/mol. The van der Waals surface area contributed by atoms with Gasteiger partial charge in [-0.2, -0.15) is 0 Å². The number of hydrogen-bond donors (Lipinski definition) is 1. The standard InChI is InChI=1S/C7H11N3O3/c1-4-6(10-13-9-4)3-5(8)7(11)12-2/h5H,3,8H2,1-2H3. The highest BCUT2D eigenvalue weighted by atomic mass is 16.6. The molecular formula is C7H11N3O3. The first-order valence-corrected chi connectivity index (χ1v) is 3.76. The minimum atomic E-state index is -0.712. The summed E-state index contributed by atoms with van der Waals surface area (Å²) in [7, 11) is 1.29. The molecule has 0 radical (unpaired) electrons. The normalized spacial score (nSPS) is 12.5. The summed E-state index contributed by atoms with van der Waals surface area (Å²) in [5.41, 5.74) is 6.72. The summed E-state index contributed by atoms with van der Waals surface area (Å²) in [4.78, 5) is 10.9. The largest absolute Gasteiger partial charge is 0.468 e. The van der Waals surface area contributed by atoms with E-state index < -0.39 is 12.0 Å². The van der Waals surface area contributed by atoms with Gasteiger partial charge < -0.3 is 10.5 Å². The van der Waals surface area contributed by atoms with Crippen molar-refractivity contribution in [3.05, 3.63) is 11.4 Å². The highest BCUT2D eigenvalue weighted by Crippen LogP contribution is 2.03. The van der Waals surface area contributed by atoms with Gasteiger partial charge in [-0.25, -0.2) is 4.63 Å². The lowest BCUT2D eigenvalue weighted by Gasteiger charge is -2.05. The second kappa shape index (κ2) is 3.99. The van der Waals surface area contributed by atoms with Crippen molar-refractivity contribution in [1.29, 1.82) is 0 Å². The lowest BCUT2D eigenvalue weighted by Crippen LogP contribution is -2.33. The summed E-state index contributed by atoms with van der Waals surface area (Å²) in [6.07, 6.45) is 0.280. The Hall–Kier alpha value is -1.43. The molecule has 0 fully saturated rings. The van der Waals surface area contributed by atoms with Gasteiger partial charge in [0.2, 0.25) is 0 Å². The monoisotopic (exact) mass is 185 g/mol.